The number of fused-ring (bicyclic) bond motifs is 1. The Balaban J connectivity index is 0.718. The Morgan fingerprint density at radius 3 is 2.06 bits per heavy atom. The van der Waals surface area contributed by atoms with Crippen LogP contribution in [0.1, 0.15) is 87.1 Å². The molecule has 0 aromatic heterocycles. The molecule has 1 aliphatic carbocycles. The molecular formula is C45H46F3N9O6. The summed E-state index contributed by atoms with van der Waals surface area (Å²) in [6.07, 6.45) is -1.21. The highest BCUT2D eigenvalue weighted by molar-refractivity contribution is 6.23. The molecule has 6 amide bonds. The predicted molar refractivity (Wildman–Crippen MR) is 223 cm³/mol. The summed E-state index contributed by atoms with van der Waals surface area (Å²) in [5.74, 6) is -3.10. The van der Waals surface area contributed by atoms with Crippen LogP contribution in [0, 0.1) is 11.3 Å². The molecule has 5 heterocycles. The topological polar surface area (TPSA) is 178 Å². The van der Waals surface area contributed by atoms with E-state index in [0.29, 0.717) is 36.9 Å². The van der Waals surface area contributed by atoms with Crippen molar-refractivity contribution in [1.82, 2.24) is 25.3 Å². The Bertz CT molecular complexity index is 2410. The molecule has 0 radical (unpaired) electrons. The molecule has 4 saturated heterocycles. The molecule has 9 rings (SSSR count). The van der Waals surface area contributed by atoms with Gasteiger partial charge in [-0.2, -0.15) is 18.4 Å². The monoisotopic (exact) mass is 865 g/mol. The Kier molecular flexibility index (Phi) is 11.0. The van der Waals surface area contributed by atoms with Crippen LogP contribution < -0.4 is 25.8 Å². The summed E-state index contributed by atoms with van der Waals surface area (Å²) in [5.41, 5.74) is -0.267. The average Bonchev–Trinajstić information content (AvgIpc) is 3.49. The third-order valence-electron chi connectivity index (χ3n) is 13.7. The molecule has 6 aliphatic rings. The largest absolute Gasteiger partial charge is 0.417 e. The minimum Gasteiger partial charge on any atom is -0.371 e. The first-order valence-electron chi connectivity index (χ1n) is 21.4. The number of hydrogen-bond donors (Lipinski definition) is 3. The molecule has 0 spiro atoms. The molecule has 18 heteroatoms. The first kappa shape index (κ1) is 42.0. The maximum Gasteiger partial charge on any atom is 0.417 e. The van der Waals surface area contributed by atoms with Crippen LogP contribution >= 0.6 is 0 Å². The Labute approximate surface area is 361 Å². The summed E-state index contributed by atoms with van der Waals surface area (Å²) in [4.78, 5) is 87.8. The summed E-state index contributed by atoms with van der Waals surface area (Å²) in [6, 6.07) is 17.0. The van der Waals surface area contributed by atoms with Crippen LogP contribution in [0.4, 0.5) is 30.2 Å². The second kappa shape index (κ2) is 16.4. The van der Waals surface area contributed by atoms with E-state index in [0.717, 1.165) is 93.6 Å². The first-order chi connectivity index (χ1) is 30.2. The van der Waals surface area contributed by atoms with E-state index in [9.17, 15) is 41.9 Å². The molecule has 0 bridgehead atoms. The van der Waals surface area contributed by atoms with Crippen LogP contribution in [-0.4, -0.2) is 126 Å². The number of carbonyl (C=O) groups excluding carboxylic acids is 6. The number of halogens is 3. The quantitative estimate of drug-likeness (QED) is 0.267. The first-order valence-corrected chi connectivity index (χ1v) is 21.4. The van der Waals surface area contributed by atoms with Crippen LogP contribution in [0.5, 0.6) is 0 Å². The van der Waals surface area contributed by atoms with Gasteiger partial charge in [0.05, 0.1) is 28.3 Å². The van der Waals surface area contributed by atoms with E-state index in [2.05, 4.69) is 35.6 Å². The van der Waals surface area contributed by atoms with Gasteiger partial charge in [-0.1, -0.05) is 0 Å². The molecule has 1 saturated carbocycles. The van der Waals surface area contributed by atoms with Gasteiger partial charge in [0.1, 0.15) is 11.6 Å². The maximum atomic E-state index is 13.5. The SMILES string of the molecule is N#Cc1ccc(NC(=O)C2(NC(=O)c3ccc(N4CCC(N5CC(N6CCN(c7ccc8c(c7)C(=O)N(C7CCC(=O)NC7=O)C8=O)CC6)C5)CC4)cc3)CCC2)cc1C(F)(F)F. The summed E-state index contributed by atoms with van der Waals surface area (Å²) in [5, 5.41) is 16.7. The standard InChI is InChI=1S/C45H46F3N9O6/c46-45(47,48)36-22-29(5-2-28(36)24-49)50-43(63)44(14-1-15-44)52-39(59)27-3-6-30(7-4-27)53-16-12-31(13-17-53)56-25-33(26-56)55-20-18-54(19-21-55)32-8-9-34-35(23-32)42(62)57(41(34)61)37-10-11-38(58)51-40(37)60/h2-9,22-23,31,33,37H,1,10-21,25-26H2,(H,50,63)(H,52,59)(H,51,58,60). The molecule has 3 aromatic rings. The molecular weight excluding hydrogens is 820 g/mol. The lowest BCUT2D eigenvalue weighted by molar-refractivity contribution is -0.138. The van der Waals surface area contributed by atoms with E-state index in [1.54, 1.807) is 24.3 Å². The van der Waals surface area contributed by atoms with Crippen molar-refractivity contribution >= 4 is 52.5 Å². The third-order valence-corrected chi connectivity index (χ3v) is 13.7. The number of nitrogens with one attached hydrogen (secondary N) is 3. The van der Waals surface area contributed by atoms with Crippen molar-refractivity contribution in [3.8, 4) is 6.07 Å². The van der Waals surface area contributed by atoms with Crippen LogP contribution in [0.3, 0.4) is 0 Å². The summed E-state index contributed by atoms with van der Waals surface area (Å²) in [7, 11) is 0. The third kappa shape index (κ3) is 7.99. The molecule has 328 valence electrons. The zero-order chi connectivity index (χ0) is 44.2. The zero-order valence-electron chi connectivity index (χ0n) is 34.4. The van der Waals surface area contributed by atoms with E-state index < -0.39 is 64.3 Å². The number of piperidine rings is 2. The minimum absolute atomic E-state index is 0.0738. The highest BCUT2D eigenvalue weighted by Gasteiger charge is 2.47. The molecule has 15 nitrogen and oxygen atoms in total. The second-order valence-electron chi connectivity index (χ2n) is 17.3. The number of rotatable bonds is 9. The van der Waals surface area contributed by atoms with E-state index >= 15 is 0 Å². The van der Waals surface area contributed by atoms with Gasteiger partial charge in [-0.15, -0.1) is 0 Å². The summed E-state index contributed by atoms with van der Waals surface area (Å²) in [6.45, 7) is 7.03. The molecule has 63 heavy (non-hydrogen) atoms. The fraction of sp³-hybridized carbons (Fsp3) is 0.444. The van der Waals surface area contributed by atoms with E-state index in [4.69, 9.17) is 5.26 Å². The summed E-state index contributed by atoms with van der Waals surface area (Å²) < 4.78 is 40.5. The van der Waals surface area contributed by atoms with Crippen LogP contribution in [0.15, 0.2) is 60.7 Å². The van der Waals surface area contributed by atoms with E-state index in [-0.39, 0.29) is 29.7 Å². The number of piperazine rings is 1. The normalized spacial score (nSPS) is 22.2. The van der Waals surface area contributed by atoms with Gasteiger partial charge in [-0.25, -0.2) is 0 Å². The van der Waals surface area contributed by atoms with Crippen molar-refractivity contribution in [2.75, 3.05) is 67.5 Å². The van der Waals surface area contributed by atoms with E-state index in [1.807, 2.05) is 18.2 Å². The van der Waals surface area contributed by atoms with Crippen LogP contribution in [0.25, 0.3) is 0 Å². The highest BCUT2D eigenvalue weighted by Crippen LogP contribution is 2.37. The van der Waals surface area contributed by atoms with E-state index in [1.165, 1.54) is 12.1 Å². The maximum absolute atomic E-state index is 13.5. The minimum atomic E-state index is -4.77. The number of alkyl halides is 3. The number of amides is 6. The van der Waals surface area contributed by atoms with Gasteiger partial charge < -0.3 is 20.4 Å². The highest BCUT2D eigenvalue weighted by atomic mass is 19.4. The molecule has 1 unspecified atom stereocenters. The van der Waals surface area contributed by atoms with Crippen molar-refractivity contribution in [2.24, 2.45) is 0 Å². The molecule has 5 fully saturated rings. The van der Waals surface area contributed by atoms with Gasteiger partial charge in [0.2, 0.25) is 17.7 Å². The lowest BCUT2D eigenvalue weighted by Gasteiger charge is -2.52. The number of likely N-dealkylation sites (tertiary alicyclic amines) is 1. The van der Waals surface area contributed by atoms with Crippen molar-refractivity contribution < 1.29 is 41.9 Å². The van der Waals surface area contributed by atoms with Crippen molar-refractivity contribution in [3.63, 3.8) is 0 Å². The number of hydrogen-bond acceptors (Lipinski definition) is 11. The Morgan fingerprint density at radius 2 is 1.43 bits per heavy atom. The number of nitriles is 1. The fourth-order valence-corrected chi connectivity index (χ4v) is 9.76. The van der Waals surface area contributed by atoms with Gasteiger partial charge in [-0.05, 0) is 99.2 Å². The van der Waals surface area contributed by atoms with Gasteiger partial charge in [0.25, 0.3) is 17.7 Å². The number of imide groups is 2. The number of anilines is 3. The van der Waals surface area contributed by atoms with Gasteiger partial charge in [0, 0.05) is 93.5 Å². The fourth-order valence-electron chi connectivity index (χ4n) is 9.76. The average molecular weight is 866 g/mol. The second-order valence-corrected chi connectivity index (χ2v) is 17.3. The smallest absolute Gasteiger partial charge is 0.371 e. The summed E-state index contributed by atoms with van der Waals surface area (Å²) >= 11 is 0. The van der Waals surface area contributed by atoms with Crippen molar-refractivity contribution in [2.45, 2.75) is 74.8 Å². The molecule has 3 aromatic carbocycles. The number of nitrogens with zero attached hydrogens (tertiary/aromatic N) is 6. The number of carbonyl (C=O) groups is 6. The van der Waals surface area contributed by atoms with Gasteiger partial charge in [-0.3, -0.25) is 48.8 Å². The van der Waals surface area contributed by atoms with Gasteiger partial charge >= 0.3 is 6.18 Å². The van der Waals surface area contributed by atoms with Crippen molar-refractivity contribution in [3.05, 3.63) is 88.5 Å². The van der Waals surface area contributed by atoms with Crippen LogP contribution in [-0.2, 0) is 20.6 Å². The Hall–Kier alpha value is -6.32. The van der Waals surface area contributed by atoms with Crippen molar-refractivity contribution in [1.29, 1.82) is 5.26 Å². The lowest BCUT2D eigenvalue weighted by Crippen LogP contribution is -2.66. The molecule has 3 N–H and O–H groups in total. The molecule has 5 aliphatic heterocycles. The lowest BCUT2D eigenvalue weighted by atomic mass is 9.75. The zero-order valence-corrected chi connectivity index (χ0v) is 34.4. The van der Waals surface area contributed by atoms with Gasteiger partial charge in [0.15, 0.2) is 0 Å². The van der Waals surface area contributed by atoms with Crippen LogP contribution in [0.2, 0.25) is 0 Å². The predicted octanol–water partition coefficient (Wildman–Crippen LogP) is 3.74. The molecule has 1 atom stereocenters. The Morgan fingerprint density at radius 1 is 0.762 bits per heavy atom. The number of benzene rings is 3.